The van der Waals surface area contributed by atoms with E-state index in [9.17, 15) is 8.78 Å². The second-order valence-corrected chi connectivity index (χ2v) is 6.86. The van der Waals surface area contributed by atoms with E-state index in [1.54, 1.807) is 13.2 Å². The number of aliphatic hydroxyl groups is 1. The first-order valence-corrected chi connectivity index (χ1v) is 9.85. The van der Waals surface area contributed by atoms with Crippen LogP contribution in [0.4, 0.5) is 8.78 Å². The molecule has 0 saturated heterocycles. The highest BCUT2D eigenvalue weighted by atomic mass is 19.1. The lowest BCUT2D eigenvalue weighted by Crippen LogP contribution is -2.15. The minimum atomic E-state index is -0.562. The fraction of sp³-hybridized carbons (Fsp3) is 0.417. The molecule has 0 bridgehead atoms. The van der Waals surface area contributed by atoms with Gasteiger partial charge in [-0.05, 0) is 61.4 Å². The number of hydrogen-bond acceptors (Lipinski definition) is 3. The zero-order chi connectivity index (χ0) is 21.6. The molecule has 0 aliphatic heterocycles. The number of ether oxygens (including phenoxy) is 2. The number of halogens is 2. The molecule has 1 N–H and O–H groups in total. The van der Waals surface area contributed by atoms with Crippen molar-refractivity contribution in [3.8, 4) is 5.75 Å². The van der Waals surface area contributed by atoms with Gasteiger partial charge in [-0.25, -0.2) is 8.78 Å². The van der Waals surface area contributed by atoms with Crippen LogP contribution < -0.4 is 4.74 Å². The second kappa shape index (κ2) is 13.9. The largest absolute Gasteiger partial charge is 0.497 e. The van der Waals surface area contributed by atoms with Gasteiger partial charge in [-0.3, -0.25) is 0 Å². The number of methoxy groups -OCH3 is 1. The molecule has 0 aliphatic carbocycles. The van der Waals surface area contributed by atoms with Crippen LogP contribution in [0.5, 0.6) is 5.75 Å². The minimum absolute atomic E-state index is 0.00592. The van der Waals surface area contributed by atoms with Gasteiger partial charge in [-0.15, -0.1) is 6.58 Å². The molecule has 0 saturated carbocycles. The van der Waals surface area contributed by atoms with Crippen LogP contribution in [-0.2, 0) is 17.8 Å². The van der Waals surface area contributed by atoms with Crippen LogP contribution in [0.25, 0.3) is 0 Å². The molecule has 5 heteroatoms. The van der Waals surface area contributed by atoms with E-state index >= 15 is 0 Å². The zero-order valence-corrected chi connectivity index (χ0v) is 17.5. The highest BCUT2D eigenvalue weighted by molar-refractivity contribution is 5.26. The van der Waals surface area contributed by atoms with Gasteiger partial charge in [0.2, 0.25) is 0 Å². The van der Waals surface area contributed by atoms with Crippen molar-refractivity contribution in [2.75, 3.05) is 13.7 Å². The molecular formula is C24H32F2O3. The summed E-state index contributed by atoms with van der Waals surface area (Å²) in [5.74, 6) is -0.207. The van der Waals surface area contributed by atoms with Gasteiger partial charge in [0.05, 0.1) is 19.8 Å². The van der Waals surface area contributed by atoms with Crippen molar-refractivity contribution in [2.24, 2.45) is 5.92 Å². The van der Waals surface area contributed by atoms with Gasteiger partial charge in [-0.2, -0.15) is 0 Å². The lowest BCUT2D eigenvalue weighted by atomic mass is 9.94. The van der Waals surface area contributed by atoms with Crippen molar-refractivity contribution < 1.29 is 23.4 Å². The molecule has 0 radical (unpaired) electrons. The Kier molecular flexibility index (Phi) is 11.8. The molecule has 3 nitrogen and oxygen atoms in total. The molecule has 0 spiro atoms. The fourth-order valence-corrected chi connectivity index (χ4v) is 2.69. The molecule has 2 atom stereocenters. The highest BCUT2D eigenvalue weighted by Gasteiger charge is 2.14. The third-order valence-electron chi connectivity index (χ3n) is 4.38. The summed E-state index contributed by atoms with van der Waals surface area (Å²) in [5, 5.41) is 7.88. The predicted molar refractivity (Wildman–Crippen MR) is 113 cm³/mol. The van der Waals surface area contributed by atoms with Crippen molar-refractivity contribution in [1.29, 1.82) is 0 Å². The minimum Gasteiger partial charge on any atom is -0.497 e. The molecule has 0 amide bonds. The van der Waals surface area contributed by atoms with Crippen LogP contribution in [0.3, 0.4) is 0 Å². The molecule has 29 heavy (non-hydrogen) atoms. The topological polar surface area (TPSA) is 38.7 Å². The van der Waals surface area contributed by atoms with Crippen LogP contribution in [0.1, 0.15) is 37.8 Å². The lowest BCUT2D eigenvalue weighted by molar-refractivity contribution is 0.0404. The van der Waals surface area contributed by atoms with Gasteiger partial charge < -0.3 is 14.6 Å². The zero-order valence-electron chi connectivity index (χ0n) is 17.5. The molecule has 2 rings (SSSR count). The lowest BCUT2D eigenvalue weighted by Gasteiger charge is -2.19. The average molecular weight is 407 g/mol. The summed E-state index contributed by atoms with van der Waals surface area (Å²) in [6.45, 7) is 8.57. The van der Waals surface area contributed by atoms with Crippen molar-refractivity contribution in [1.82, 2.24) is 0 Å². The van der Waals surface area contributed by atoms with E-state index in [-0.39, 0.29) is 12.0 Å². The predicted octanol–water partition coefficient (Wildman–Crippen LogP) is 5.70. The molecule has 0 heterocycles. The van der Waals surface area contributed by atoms with E-state index in [2.05, 4.69) is 6.58 Å². The molecule has 2 unspecified atom stereocenters. The van der Waals surface area contributed by atoms with Crippen LogP contribution >= 0.6 is 0 Å². The summed E-state index contributed by atoms with van der Waals surface area (Å²) in [4.78, 5) is 0. The van der Waals surface area contributed by atoms with Gasteiger partial charge in [0.1, 0.15) is 17.4 Å². The summed E-state index contributed by atoms with van der Waals surface area (Å²) in [6, 6.07) is 11.4. The van der Waals surface area contributed by atoms with E-state index in [0.717, 1.165) is 30.2 Å². The smallest absolute Gasteiger partial charge is 0.129 e. The Bertz CT molecular complexity index is 715. The molecule has 0 aliphatic rings. The molecule has 160 valence electrons. The summed E-state index contributed by atoms with van der Waals surface area (Å²) in [7, 11) is 1.63. The van der Waals surface area contributed by atoms with Crippen LogP contribution in [0.2, 0.25) is 0 Å². The number of hydrogen-bond donors (Lipinski definition) is 1. The Hall–Kier alpha value is -2.24. The Morgan fingerprint density at radius 3 is 2.31 bits per heavy atom. The second-order valence-electron chi connectivity index (χ2n) is 6.86. The van der Waals surface area contributed by atoms with Crippen molar-refractivity contribution in [2.45, 2.75) is 45.8 Å². The third kappa shape index (κ3) is 9.68. The van der Waals surface area contributed by atoms with Crippen molar-refractivity contribution >= 4 is 0 Å². The normalized spacial score (nSPS) is 12.5. The van der Waals surface area contributed by atoms with Gasteiger partial charge >= 0.3 is 0 Å². The first kappa shape index (κ1) is 24.8. The van der Waals surface area contributed by atoms with Crippen LogP contribution in [0, 0.1) is 17.6 Å². The molecule has 2 aromatic rings. The number of allylic oxidation sites excluding steroid dienone is 1. The van der Waals surface area contributed by atoms with Gasteiger partial charge in [0, 0.05) is 12.7 Å². The van der Waals surface area contributed by atoms with E-state index in [4.69, 9.17) is 14.6 Å². The van der Waals surface area contributed by atoms with E-state index < -0.39 is 11.6 Å². The number of benzene rings is 2. The molecule has 2 aromatic carbocycles. The van der Waals surface area contributed by atoms with E-state index in [1.165, 1.54) is 12.1 Å². The average Bonchev–Trinajstić information content (AvgIpc) is 2.74. The first-order chi connectivity index (χ1) is 13.9. The van der Waals surface area contributed by atoms with Gasteiger partial charge in [0.25, 0.3) is 0 Å². The van der Waals surface area contributed by atoms with Gasteiger partial charge in [-0.1, -0.05) is 31.2 Å². The summed E-state index contributed by atoms with van der Waals surface area (Å²) < 4.78 is 37.8. The Labute approximate surface area is 173 Å². The Morgan fingerprint density at radius 2 is 1.79 bits per heavy atom. The molecular weight excluding hydrogens is 374 g/mol. The SMILES string of the molecule is C=CC(Cc1ccc(F)cc1F)CC(C)OCc1ccc(OC)cc1.CCCO. The summed E-state index contributed by atoms with van der Waals surface area (Å²) in [5.41, 5.74) is 1.56. The summed E-state index contributed by atoms with van der Waals surface area (Å²) in [6.07, 6.45) is 3.87. The quantitative estimate of drug-likeness (QED) is 0.514. The number of aliphatic hydroxyl groups excluding tert-OH is 1. The maximum Gasteiger partial charge on any atom is 0.129 e. The Morgan fingerprint density at radius 1 is 1.14 bits per heavy atom. The van der Waals surface area contributed by atoms with Crippen molar-refractivity contribution in [3.05, 3.63) is 77.9 Å². The van der Waals surface area contributed by atoms with Crippen LogP contribution in [-0.4, -0.2) is 24.9 Å². The Balaban J connectivity index is 0.000000960. The maximum absolute atomic E-state index is 13.8. The first-order valence-electron chi connectivity index (χ1n) is 9.85. The van der Waals surface area contributed by atoms with E-state index in [0.29, 0.717) is 25.2 Å². The molecule has 0 fully saturated rings. The standard InChI is InChI=1S/C21H24F2O2.C3H8O/c1-4-16(12-18-7-8-19(22)13-21(18)23)11-15(2)25-14-17-5-9-20(24-3)10-6-17;1-2-3-4/h4-10,13,15-16H,1,11-12,14H2,2-3H3;4H,2-3H2,1H3. The molecule has 0 aromatic heterocycles. The third-order valence-corrected chi connectivity index (χ3v) is 4.38. The monoisotopic (exact) mass is 406 g/mol. The van der Waals surface area contributed by atoms with Crippen LogP contribution in [0.15, 0.2) is 55.1 Å². The van der Waals surface area contributed by atoms with Crippen molar-refractivity contribution in [3.63, 3.8) is 0 Å². The van der Waals surface area contributed by atoms with E-state index in [1.807, 2.05) is 38.1 Å². The summed E-state index contributed by atoms with van der Waals surface area (Å²) >= 11 is 0. The van der Waals surface area contributed by atoms with Gasteiger partial charge in [0.15, 0.2) is 0 Å². The maximum atomic E-state index is 13.8. The highest BCUT2D eigenvalue weighted by Crippen LogP contribution is 2.21. The number of rotatable bonds is 10. The fourth-order valence-electron chi connectivity index (χ4n) is 2.69.